The predicted molar refractivity (Wildman–Crippen MR) is 91.9 cm³/mol. The highest BCUT2D eigenvalue weighted by atomic mass is 79.9. The predicted octanol–water partition coefficient (Wildman–Crippen LogP) is 2.68. The average molecular weight is 362 g/mol. The highest BCUT2D eigenvalue weighted by Gasteiger charge is 2.18. The van der Waals surface area contributed by atoms with Crippen LogP contribution in [0.25, 0.3) is 0 Å². The van der Waals surface area contributed by atoms with Crippen LogP contribution in [-0.2, 0) is 13.0 Å². The van der Waals surface area contributed by atoms with Gasteiger partial charge in [0.25, 0.3) is 0 Å². The molecule has 0 fully saturated rings. The number of rotatable bonds is 5. The quantitative estimate of drug-likeness (QED) is 0.859. The normalized spacial score (nSPS) is 16.1. The third-order valence-electron chi connectivity index (χ3n) is 3.92. The molecule has 0 aliphatic carbocycles. The van der Waals surface area contributed by atoms with Gasteiger partial charge in [0.05, 0.1) is 6.10 Å². The van der Waals surface area contributed by atoms with E-state index in [0.29, 0.717) is 13.1 Å². The van der Waals surface area contributed by atoms with Crippen LogP contribution in [0.15, 0.2) is 47.1 Å². The van der Waals surface area contributed by atoms with E-state index in [2.05, 4.69) is 55.4 Å². The van der Waals surface area contributed by atoms with Gasteiger partial charge in [0.1, 0.15) is 5.82 Å². The van der Waals surface area contributed by atoms with E-state index < -0.39 is 6.10 Å². The number of anilines is 1. The third-order valence-corrected chi connectivity index (χ3v) is 4.39. The molecule has 1 unspecified atom stereocenters. The van der Waals surface area contributed by atoms with Gasteiger partial charge in [-0.3, -0.25) is 4.90 Å². The lowest BCUT2D eigenvalue weighted by Gasteiger charge is -2.30. The second-order valence-electron chi connectivity index (χ2n) is 5.65. The molecule has 1 aromatic heterocycles. The van der Waals surface area contributed by atoms with Gasteiger partial charge in [-0.2, -0.15) is 0 Å². The minimum absolute atomic E-state index is 0.407. The van der Waals surface area contributed by atoms with Crippen molar-refractivity contribution in [1.82, 2.24) is 9.88 Å². The average Bonchev–Trinajstić information content (AvgIpc) is 2.54. The lowest BCUT2D eigenvalue weighted by atomic mass is 10.00. The van der Waals surface area contributed by atoms with Gasteiger partial charge in [0, 0.05) is 36.8 Å². The van der Waals surface area contributed by atoms with Crippen molar-refractivity contribution in [1.29, 1.82) is 0 Å². The Labute approximate surface area is 139 Å². The third kappa shape index (κ3) is 4.06. The first-order valence-corrected chi connectivity index (χ1v) is 8.32. The number of pyridine rings is 1. The summed E-state index contributed by atoms with van der Waals surface area (Å²) in [5.41, 5.74) is 2.81. The van der Waals surface area contributed by atoms with Crippen molar-refractivity contribution >= 4 is 21.7 Å². The molecule has 2 aromatic rings. The van der Waals surface area contributed by atoms with Gasteiger partial charge in [0.2, 0.25) is 0 Å². The van der Waals surface area contributed by atoms with Crippen LogP contribution >= 0.6 is 15.9 Å². The number of fused-ring (bicyclic) bond motifs is 1. The molecule has 4 nitrogen and oxygen atoms in total. The first-order chi connectivity index (χ1) is 10.7. The van der Waals surface area contributed by atoms with Crippen molar-refractivity contribution in [2.45, 2.75) is 19.1 Å². The van der Waals surface area contributed by atoms with Gasteiger partial charge < -0.3 is 10.4 Å². The Kier molecular flexibility index (Phi) is 5.08. The Morgan fingerprint density at radius 1 is 1.23 bits per heavy atom. The molecular formula is C17H20BrN3O. The SMILES string of the molecule is OC(CNc1ccc(Br)cn1)CN1CCc2ccccc2C1. The van der Waals surface area contributed by atoms with Crippen LogP contribution in [0.2, 0.25) is 0 Å². The fraction of sp³-hybridized carbons (Fsp3) is 0.353. The molecule has 0 saturated carbocycles. The highest BCUT2D eigenvalue weighted by molar-refractivity contribution is 9.10. The maximum Gasteiger partial charge on any atom is 0.126 e. The largest absolute Gasteiger partial charge is 0.390 e. The summed E-state index contributed by atoms with van der Waals surface area (Å²) in [4.78, 5) is 6.55. The molecule has 0 amide bonds. The first kappa shape index (κ1) is 15.5. The number of hydrogen-bond acceptors (Lipinski definition) is 4. The minimum Gasteiger partial charge on any atom is -0.390 e. The standard InChI is InChI=1S/C17H20BrN3O/c18-15-5-6-17(19-9-15)20-10-16(22)12-21-8-7-13-3-1-2-4-14(13)11-21/h1-6,9,16,22H,7-8,10-12H2,(H,19,20). The summed E-state index contributed by atoms with van der Waals surface area (Å²) >= 11 is 3.36. The number of aliphatic hydroxyl groups is 1. The molecule has 0 radical (unpaired) electrons. The fourth-order valence-electron chi connectivity index (χ4n) is 2.78. The van der Waals surface area contributed by atoms with Crippen molar-refractivity contribution in [3.8, 4) is 0 Å². The molecule has 0 bridgehead atoms. The van der Waals surface area contributed by atoms with Crippen LogP contribution in [0.4, 0.5) is 5.82 Å². The molecule has 5 heteroatoms. The molecular weight excluding hydrogens is 342 g/mol. The van der Waals surface area contributed by atoms with E-state index in [9.17, 15) is 5.11 Å². The van der Waals surface area contributed by atoms with E-state index in [1.807, 2.05) is 12.1 Å². The van der Waals surface area contributed by atoms with E-state index >= 15 is 0 Å². The Balaban J connectivity index is 1.48. The van der Waals surface area contributed by atoms with Crippen molar-refractivity contribution in [2.24, 2.45) is 0 Å². The Morgan fingerprint density at radius 2 is 2.05 bits per heavy atom. The maximum absolute atomic E-state index is 10.2. The number of benzene rings is 1. The summed E-state index contributed by atoms with van der Waals surface area (Å²) in [6.07, 6.45) is 2.40. The zero-order valence-corrected chi connectivity index (χ0v) is 14.0. The molecule has 116 valence electrons. The Bertz CT molecular complexity index is 618. The van der Waals surface area contributed by atoms with Crippen LogP contribution in [0.3, 0.4) is 0 Å². The summed E-state index contributed by atoms with van der Waals surface area (Å²) in [5, 5.41) is 13.4. The molecule has 1 atom stereocenters. The Hall–Kier alpha value is -1.43. The summed E-state index contributed by atoms with van der Waals surface area (Å²) in [7, 11) is 0. The van der Waals surface area contributed by atoms with E-state index in [0.717, 1.165) is 29.8 Å². The van der Waals surface area contributed by atoms with Crippen LogP contribution < -0.4 is 5.32 Å². The monoisotopic (exact) mass is 361 g/mol. The van der Waals surface area contributed by atoms with E-state index in [1.165, 1.54) is 11.1 Å². The van der Waals surface area contributed by atoms with Crippen molar-refractivity contribution in [3.05, 3.63) is 58.2 Å². The summed E-state index contributed by atoms with van der Waals surface area (Å²) < 4.78 is 0.950. The van der Waals surface area contributed by atoms with Crippen molar-refractivity contribution in [2.75, 3.05) is 25.0 Å². The minimum atomic E-state index is -0.407. The van der Waals surface area contributed by atoms with Crippen LogP contribution in [-0.4, -0.2) is 40.7 Å². The Morgan fingerprint density at radius 3 is 2.82 bits per heavy atom. The number of hydrogen-bond donors (Lipinski definition) is 2. The van der Waals surface area contributed by atoms with Gasteiger partial charge in [-0.25, -0.2) is 4.98 Å². The summed E-state index contributed by atoms with van der Waals surface area (Å²) in [5.74, 6) is 0.784. The second kappa shape index (κ2) is 7.22. The second-order valence-corrected chi connectivity index (χ2v) is 6.57. The number of halogens is 1. The number of aliphatic hydroxyl groups excluding tert-OH is 1. The lowest BCUT2D eigenvalue weighted by Crippen LogP contribution is -2.39. The zero-order valence-electron chi connectivity index (χ0n) is 12.4. The number of nitrogens with one attached hydrogen (secondary N) is 1. The highest BCUT2D eigenvalue weighted by Crippen LogP contribution is 2.18. The molecule has 1 aliphatic rings. The molecule has 1 aliphatic heterocycles. The smallest absolute Gasteiger partial charge is 0.126 e. The number of nitrogens with zero attached hydrogens (tertiary/aromatic N) is 2. The number of β-amino-alcohol motifs (C(OH)–C–C–N with tert-alkyl or cyclic N) is 1. The molecule has 0 spiro atoms. The van der Waals surface area contributed by atoms with Crippen molar-refractivity contribution in [3.63, 3.8) is 0 Å². The molecule has 2 N–H and O–H groups in total. The summed E-state index contributed by atoms with van der Waals surface area (Å²) in [6, 6.07) is 12.4. The van der Waals surface area contributed by atoms with Crippen molar-refractivity contribution < 1.29 is 5.11 Å². The molecule has 3 rings (SSSR count). The zero-order chi connectivity index (χ0) is 15.4. The van der Waals surface area contributed by atoms with Crippen LogP contribution in [0, 0.1) is 0 Å². The first-order valence-electron chi connectivity index (χ1n) is 7.53. The fourth-order valence-corrected chi connectivity index (χ4v) is 3.01. The summed E-state index contributed by atoms with van der Waals surface area (Å²) in [6.45, 7) is 3.11. The lowest BCUT2D eigenvalue weighted by molar-refractivity contribution is 0.114. The topological polar surface area (TPSA) is 48.4 Å². The van der Waals surface area contributed by atoms with Gasteiger partial charge in [-0.1, -0.05) is 24.3 Å². The van der Waals surface area contributed by atoms with Gasteiger partial charge in [0.15, 0.2) is 0 Å². The molecule has 1 aromatic carbocycles. The van der Waals surface area contributed by atoms with Crippen LogP contribution in [0.5, 0.6) is 0 Å². The maximum atomic E-state index is 10.2. The molecule has 22 heavy (non-hydrogen) atoms. The molecule has 2 heterocycles. The van der Waals surface area contributed by atoms with Gasteiger partial charge >= 0.3 is 0 Å². The van der Waals surface area contributed by atoms with E-state index in [-0.39, 0.29) is 0 Å². The van der Waals surface area contributed by atoms with E-state index in [4.69, 9.17) is 0 Å². The number of aromatic nitrogens is 1. The van der Waals surface area contributed by atoms with Gasteiger partial charge in [-0.15, -0.1) is 0 Å². The van der Waals surface area contributed by atoms with E-state index in [1.54, 1.807) is 6.20 Å². The van der Waals surface area contributed by atoms with Crippen LogP contribution in [0.1, 0.15) is 11.1 Å². The molecule has 0 saturated heterocycles. The van der Waals surface area contributed by atoms with Gasteiger partial charge in [-0.05, 0) is 45.6 Å².